The van der Waals surface area contributed by atoms with E-state index in [0.717, 1.165) is 30.1 Å². The highest BCUT2D eigenvalue weighted by Gasteiger charge is 2.25. The number of anilines is 1. The molecular weight excluding hydrogens is 250 g/mol. The number of hydrogen-bond donors (Lipinski definition) is 1. The summed E-state index contributed by atoms with van der Waals surface area (Å²) < 4.78 is 4.47. The van der Waals surface area contributed by atoms with E-state index in [1.54, 1.807) is 0 Å². The van der Waals surface area contributed by atoms with E-state index in [1.165, 1.54) is 11.5 Å². The molecule has 0 fully saturated rings. The fourth-order valence-corrected chi connectivity index (χ4v) is 3.26. The average molecular weight is 269 g/mol. The van der Waals surface area contributed by atoms with E-state index in [9.17, 15) is 0 Å². The molecule has 1 aromatic heterocycles. The summed E-state index contributed by atoms with van der Waals surface area (Å²) in [5.41, 5.74) is 1.51. The minimum Gasteiger partial charge on any atom is -0.373 e. The summed E-state index contributed by atoms with van der Waals surface area (Å²) in [4.78, 5) is 0. The lowest BCUT2D eigenvalue weighted by atomic mass is 10.0. The first-order valence-electron chi connectivity index (χ1n) is 5.77. The molecule has 0 saturated carbocycles. The zero-order chi connectivity index (χ0) is 12.9. The van der Waals surface area contributed by atoms with Gasteiger partial charge in [-0.3, -0.25) is 0 Å². The highest BCUT2D eigenvalue weighted by molar-refractivity contribution is 8.00. The molecule has 0 amide bonds. The molecule has 1 rings (SSSR count). The molecule has 0 saturated heterocycles. The van der Waals surface area contributed by atoms with E-state index in [1.807, 2.05) is 18.7 Å². The SMILES string of the molecule is CCC(CC)(CNc1snc(C)c1C#N)SC. The third-order valence-corrected chi connectivity index (χ3v) is 5.75. The lowest BCUT2D eigenvalue weighted by molar-refractivity contribution is 0.575. The molecule has 0 spiro atoms. The van der Waals surface area contributed by atoms with E-state index in [4.69, 9.17) is 5.26 Å². The van der Waals surface area contributed by atoms with Gasteiger partial charge in [-0.2, -0.15) is 21.4 Å². The lowest BCUT2D eigenvalue weighted by Gasteiger charge is -2.29. The van der Waals surface area contributed by atoms with Gasteiger partial charge in [-0.15, -0.1) is 0 Å². The first-order valence-corrected chi connectivity index (χ1v) is 7.77. The van der Waals surface area contributed by atoms with Crippen molar-refractivity contribution in [1.29, 1.82) is 5.26 Å². The van der Waals surface area contributed by atoms with E-state index in [-0.39, 0.29) is 4.75 Å². The summed E-state index contributed by atoms with van der Waals surface area (Å²) in [5, 5.41) is 13.4. The van der Waals surface area contributed by atoms with Gasteiger partial charge in [0.15, 0.2) is 0 Å². The van der Waals surface area contributed by atoms with Crippen LogP contribution in [-0.2, 0) is 0 Å². The number of aromatic nitrogens is 1. The molecule has 1 N–H and O–H groups in total. The number of hydrogen-bond acceptors (Lipinski definition) is 5. The van der Waals surface area contributed by atoms with Gasteiger partial charge in [-0.1, -0.05) is 13.8 Å². The molecule has 1 aromatic rings. The molecule has 3 nitrogen and oxygen atoms in total. The van der Waals surface area contributed by atoms with E-state index >= 15 is 0 Å². The maximum Gasteiger partial charge on any atom is 0.127 e. The fourth-order valence-electron chi connectivity index (χ4n) is 1.72. The van der Waals surface area contributed by atoms with Crippen LogP contribution in [0.3, 0.4) is 0 Å². The summed E-state index contributed by atoms with van der Waals surface area (Å²) in [6, 6.07) is 2.21. The van der Waals surface area contributed by atoms with Crippen molar-refractivity contribution >= 4 is 28.3 Å². The Morgan fingerprint density at radius 2 is 2.12 bits per heavy atom. The van der Waals surface area contributed by atoms with Crippen LogP contribution in [0.25, 0.3) is 0 Å². The van der Waals surface area contributed by atoms with Crippen molar-refractivity contribution in [3.05, 3.63) is 11.3 Å². The molecular formula is C12H19N3S2. The second kappa shape index (κ2) is 6.27. The molecule has 1 heterocycles. The molecule has 94 valence electrons. The van der Waals surface area contributed by atoms with Crippen LogP contribution in [0.4, 0.5) is 5.00 Å². The van der Waals surface area contributed by atoms with Crippen molar-refractivity contribution in [2.75, 3.05) is 18.1 Å². The smallest absolute Gasteiger partial charge is 0.127 e. The monoisotopic (exact) mass is 269 g/mol. The molecule has 0 bridgehead atoms. The summed E-state index contributed by atoms with van der Waals surface area (Å²) in [6.07, 6.45) is 4.40. The third-order valence-electron chi connectivity index (χ3n) is 3.27. The Labute approximate surface area is 112 Å². The topological polar surface area (TPSA) is 48.7 Å². The van der Waals surface area contributed by atoms with E-state index < -0.39 is 0 Å². The maximum atomic E-state index is 9.06. The van der Waals surface area contributed by atoms with Crippen LogP contribution in [0.2, 0.25) is 0 Å². The molecule has 0 radical (unpaired) electrons. The number of aryl methyl sites for hydroxylation is 1. The molecule has 0 aliphatic heterocycles. The van der Waals surface area contributed by atoms with Gasteiger partial charge in [0.2, 0.25) is 0 Å². The van der Waals surface area contributed by atoms with Crippen LogP contribution in [0.1, 0.15) is 37.9 Å². The van der Waals surface area contributed by atoms with Crippen molar-refractivity contribution < 1.29 is 0 Å². The molecule has 0 atom stereocenters. The van der Waals surface area contributed by atoms with E-state index in [2.05, 4.69) is 35.9 Å². The Bertz CT molecular complexity index is 394. The predicted octanol–water partition coefficient (Wildman–Crippen LogP) is 3.66. The van der Waals surface area contributed by atoms with Gasteiger partial charge < -0.3 is 5.32 Å². The van der Waals surface area contributed by atoms with Crippen molar-refractivity contribution in [3.63, 3.8) is 0 Å². The van der Waals surface area contributed by atoms with Crippen LogP contribution in [0.15, 0.2) is 0 Å². The summed E-state index contributed by atoms with van der Waals surface area (Å²) in [6.45, 7) is 7.19. The molecule has 0 aromatic carbocycles. The van der Waals surface area contributed by atoms with Crippen LogP contribution in [0, 0.1) is 18.3 Å². The van der Waals surface area contributed by atoms with Gasteiger partial charge in [0, 0.05) is 11.3 Å². The number of nitrogens with zero attached hydrogens (tertiary/aromatic N) is 2. The average Bonchev–Trinajstić information content (AvgIpc) is 2.72. The Kier molecular flexibility index (Phi) is 5.29. The summed E-state index contributed by atoms with van der Waals surface area (Å²) in [5.74, 6) is 0. The first kappa shape index (κ1) is 14.3. The van der Waals surface area contributed by atoms with Crippen LogP contribution < -0.4 is 5.32 Å². The highest BCUT2D eigenvalue weighted by Crippen LogP contribution is 2.32. The zero-order valence-electron chi connectivity index (χ0n) is 10.8. The van der Waals surface area contributed by atoms with Crippen LogP contribution >= 0.6 is 23.3 Å². The highest BCUT2D eigenvalue weighted by atomic mass is 32.2. The number of nitriles is 1. The second-order valence-electron chi connectivity index (χ2n) is 4.03. The standard InChI is InChI=1S/C12H19N3S2/c1-5-12(6-2,16-4)8-14-11-10(7-13)9(3)15-17-11/h14H,5-6,8H2,1-4H3. The summed E-state index contributed by atoms with van der Waals surface area (Å²) >= 11 is 3.28. The van der Waals surface area contributed by atoms with Gasteiger partial charge in [-0.25, -0.2) is 0 Å². The molecule has 17 heavy (non-hydrogen) atoms. The first-order chi connectivity index (χ1) is 8.12. The van der Waals surface area contributed by atoms with Crippen LogP contribution in [0.5, 0.6) is 0 Å². The van der Waals surface area contributed by atoms with Gasteiger partial charge in [0.1, 0.15) is 16.6 Å². The molecule has 0 aliphatic carbocycles. The number of rotatable bonds is 6. The van der Waals surface area contributed by atoms with Gasteiger partial charge in [0.05, 0.1) is 5.69 Å². The van der Waals surface area contributed by atoms with E-state index in [0.29, 0.717) is 5.56 Å². The summed E-state index contributed by atoms with van der Waals surface area (Å²) in [7, 11) is 0. The van der Waals surface area contributed by atoms with Crippen molar-refractivity contribution in [2.45, 2.75) is 38.4 Å². The van der Waals surface area contributed by atoms with Crippen molar-refractivity contribution in [1.82, 2.24) is 4.37 Å². The van der Waals surface area contributed by atoms with Gasteiger partial charge in [0.25, 0.3) is 0 Å². The number of thioether (sulfide) groups is 1. The Morgan fingerprint density at radius 1 is 1.47 bits per heavy atom. The van der Waals surface area contributed by atoms with Crippen molar-refractivity contribution in [2.24, 2.45) is 0 Å². The number of nitrogens with one attached hydrogen (secondary N) is 1. The quantitative estimate of drug-likeness (QED) is 0.856. The predicted molar refractivity (Wildman–Crippen MR) is 76.9 cm³/mol. The maximum absolute atomic E-state index is 9.06. The van der Waals surface area contributed by atoms with Crippen molar-refractivity contribution in [3.8, 4) is 6.07 Å². The molecule has 0 aliphatic rings. The van der Waals surface area contributed by atoms with Crippen LogP contribution in [-0.4, -0.2) is 21.9 Å². The fraction of sp³-hybridized carbons (Fsp3) is 0.667. The van der Waals surface area contributed by atoms with Gasteiger partial charge in [-0.05, 0) is 37.6 Å². The molecule has 5 heteroatoms. The minimum absolute atomic E-state index is 0.255. The largest absolute Gasteiger partial charge is 0.373 e. The Morgan fingerprint density at radius 3 is 2.59 bits per heavy atom. The van der Waals surface area contributed by atoms with Gasteiger partial charge >= 0.3 is 0 Å². The normalized spacial score (nSPS) is 11.2. The zero-order valence-corrected chi connectivity index (χ0v) is 12.5. The molecule has 0 unspecified atom stereocenters. The lowest BCUT2D eigenvalue weighted by Crippen LogP contribution is -2.31. The Hall–Kier alpha value is -0.730. The second-order valence-corrected chi connectivity index (χ2v) is 6.08. The third kappa shape index (κ3) is 3.14. The minimum atomic E-state index is 0.255. The Balaban J connectivity index is 2.76.